The van der Waals surface area contributed by atoms with Crippen LogP contribution in [0.25, 0.3) is 0 Å². The number of carbonyl (C=O) groups excluding carboxylic acids is 2. The molecule has 0 saturated carbocycles. The van der Waals surface area contributed by atoms with Crippen LogP contribution < -0.4 is 9.64 Å². The van der Waals surface area contributed by atoms with Crippen molar-refractivity contribution in [2.75, 3.05) is 19.1 Å². The number of carbonyl (C=O) groups is 2. The lowest BCUT2D eigenvalue weighted by molar-refractivity contribution is -0.143. The lowest BCUT2D eigenvalue weighted by Crippen LogP contribution is -2.45. The van der Waals surface area contributed by atoms with E-state index in [1.54, 1.807) is 36.3 Å². The second-order valence-electron chi connectivity index (χ2n) is 6.82. The SMILES string of the molecule is COC(=O)[C@H]1c2ccccc2C(=O)N(c2ccc(OC)cc2)[C@H]1c1ccccc1. The first-order chi connectivity index (χ1) is 14.2. The summed E-state index contributed by atoms with van der Waals surface area (Å²) in [6.45, 7) is 0. The predicted molar refractivity (Wildman–Crippen MR) is 110 cm³/mol. The van der Waals surface area contributed by atoms with Crippen molar-refractivity contribution in [3.8, 4) is 5.75 Å². The second kappa shape index (κ2) is 7.80. The summed E-state index contributed by atoms with van der Waals surface area (Å²) in [6, 6.07) is 23.5. The van der Waals surface area contributed by atoms with Crippen molar-refractivity contribution in [3.63, 3.8) is 0 Å². The van der Waals surface area contributed by atoms with Crippen molar-refractivity contribution in [2.45, 2.75) is 12.0 Å². The minimum absolute atomic E-state index is 0.153. The molecule has 0 aliphatic carbocycles. The minimum Gasteiger partial charge on any atom is -0.497 e. The van der Waals surface area contributed by atoms with Crippen LogP contribution in [0.3, 0.4) is 0 Å². The Kier molecular flexibility index (Phi) is 5.04. The molecular weight excluding hydrogens is 366 g/mol. The van der Waals surface area contributed by atoms with E-state index >= 15 is 0 Å². The first kappa shape index (κ1) is 18.7. The summed E-state index contributed by atoms with van der Waals surface area (Å²) in [5.74, 6) is -0.477. The molecule has 5 nitrogen and oxygen atoms in total. The first-order valence-electron chi connectivity index (χ1n) is 9.35. The van der Waals surface area contributed by atoms with Gasteiger partial charge in [-0.1, -0.05) is 48.5 Å². The van der Waals surface area contributed by atoms with E-state index in [1.165, 1.54) is 7.11 Å². The predicted octanol–water partition coefficient (Wildman–Crippen LogP) is 4.35. The van der Waals surface area contributed by atoms with Gasteiger partial charge in [0.2, 0.25) is 0 Å². The molecule has 3 aromatic carbocycles. The van der Waals surface area contributed by atoms with Gasteiger partial charge >= 0.3 is 5.97 Å². The van der Waals surface area contributed by atoms with Gasteiger partial charge < -0.3 is 9.47 Å². The quantitative estimate of drug-likeness (QED) is 0.625. The summed E-state index contributed by atoms with van der Waals surface area (Å²) in [4.78, 5) is 28.2. The van der Waals surface area contributed by atoms with Crippen LogP contribution in [0.1, 0.15) is 33.4 Å². The van der Waals surface area contributed by atoms with Gasteiger partial charge in [-0.25, -0.2) is 0 Å². The van der Waals surface area contributed by atoms with Crippen LogP contribution in [-0.2, 0) is 9.53 Å². The van der Waals surface area contributed by atoms with Crippen LogP contribution in [-0.4, -0.2) is 26.1 Å². The number of anilines is 1. The highest BCUT2D eigenvalue weighted by Gasteiger charge is 2.45. The molecule has 0 radical (unpaired) electrons. The average Bonchev–Trinajstić information content (AvgIpc) is 2.79. The molecule has 1 aliphatic rings. The maximum atomic E-state index is 13.6. The number of benzene rings is 3. The van der Waals surface area contributed by atoms with Gasteiger partial charge in [0, 0.05) is 11.3 Å². The number of rotatable bonds is 4. The molecule has 1 amide bonds. The van der Waals surface area contributed by atoms with E-state index in [-0.39, 0.29) is 11.9 Å². The molecule has 3 aromatic rings. The van der Waals surface area contributed by atoms with Gasteiger partial charge in [0.15, 0.2) is 0 Å². The smallest absolute Gasteiger partial charge is 0.315 e. The Morgan fingerprint density at radius 2 is 1.52 bits per heavy atom. The van der Waals surface area contributed by atoms with E-state index in [1.807, 2.05) is 54.6 Å². The van der Waals surface area contributed by atoms with E-state index in [4.69, 9.17) is 9.47 Å². The molecule has 4 rings (SSSR count). The number of esters is 1. The number of amides is 1. The van der Waals surface area contributed by atoms with E-state index < -0.39 is 12.0 Å². The topological polar surface area (TPSA) is 55.8 Å². The monoisotopic (exact) mass is 387 g/mol. The molecule has 1 heterocycles. The highest BCUT2D eigenvalue weighted by Crippen LogP contribution is 2.45. The van der Waals surface area contributed by atoms with E-state index in [0.29, 0.717) is 22.6 Å². The summed E-state index contributed by atoms with van der Waals surface area (Å²) in [5, 5.41) is 0. The van der Waals surface area contributed by atoms with Gasteiger partial charge in [0.05, 0.1) is 20.3 Å². The van der Waals surface area contributed by atoms with Crippen LogP contribution in [0.2, 0.25) is 0 Å². The van der Waals surface area contributed by atoms with Crippen LogP contribution >= 0.6 is 0 Å². The number of ether oxygens (including phenoxy) is 2. The third-order valence-corrected chi connectivity index (χ3v) is 5.29. The number of methoxy groups -OCH3 is 2. The summed E-state index contributed by atoms with van der Waals surface area (Å²) < 4.78 is 10.4. The summed E-state index contributed by atoms with van der Waals surface area (Å²) in [6.07, 6.45) is 0. The molecule has 0 N–H and O–H groups in total. The molecule has 0 spiro atoms. The normalized spacial score (nSPS) is 18.1. The Morgan fingerprint density at radius 3 is 2.17 bits per heavy atom. The van der Waals surface area contributed by atoms with E-state index in [9.17, 15) is 9.59 Å². The highest BCUT2D eigenvalue weighted by molar-refractivity contribution is 6.11. The fourth-order valence-electron chi connectivity index (χ4n) is 3.93. The number of fused-ring (bicyclic) bond motifs is 1. The summed E-state index contributed by atoms with van der Waals surface area (Å²) >= 11 is 0. The van der Waals surface area contributed by atoms with Gasteiger partial charge in [-0.15, -0.1) is 0 Å². The van der Waals surface area contributed by atoms with Crippen molar-refractivity contribution in [2.24, 2.45) is 0 Å². The fraction of sp³-hybridized carbons (Fsp3) is 0.167. The highest BCUT2D eigenvalue weighted by atomic mass is 16.5. The zero-order valence-corrected chi connectivity index (χ0v) is 16.2. The number of hydrogen-bond acceptors (Lipinski definition) is 4. The third-order valence-electron chi connectivity index (χ3n) is 5.29. The van der Waals surface area contributed by atoms with Gasteiger partial charge in [-0.05, 0) is 41.5 Å². The summed E-state index contributed by atoms with van der Waals surface area (Å²) in [5.41, 5.74) is 2.74. The van der Waals surface area contributed by atoms with Crippen molar-refractivity contribution in [1.29, 1.82) is 0 Å². The van der Waals surface area contributed by atoms with Gasteiger partial charge in [0.1, 0.15) is 11.7 Å². The molecule has 1 aliphatic heterocycles. The van der Waals surface area contributed by atoms with E-state index in [0.717, 1.165) is 5.56 Å². The Bertz CT molecular complexity index is 1030. The van der Waals surface area contributed by atoms with Crippen molar-refractivity contribution in [1.82, 2.24) is 0 Å². The molecular formula is C24H21NO4. The second-order valence-corrected chi connectivity index (χ2v) is 6.82. The number of nitrogens with zero attached hydrogens (tertiary/aromatic N) is 1. The molecule has 2 atom stereocenters. The molecule has 0 fully saturated rings. The molecule has 0 aromatic heterocycles. The van der Waals surface area contributed by atoms with Crippen LogP contribution in [0.5, 0.6) is 5.75 Å². The zero-order chi connectivity index (χ0) is 20.4. The fourth-order valence-corrected chi connectivity index (χ4v) is 3.93. The molecule has 0 saturated heterocycles. The Hall–Kier alpha value is -3.60. The molecule has 29 heavy (non-hydrogen) atoms. The lowest BCUT2D eigenvalue weighted by atomic mass is 9.79. The average molecular weight is 387 g/mol. The molecule has 146 valence electrons. The summed E-state index contributed by atoms with van der Waals surface area (Å²) in [7, 11) is 2.97. The largest absolute Gasteiger partial charge is 0.497 e. The molecule has 0 unspecified atom stereocenters. The number of hydrogen-bond donors (Lipinski definition) is 0. The lowest BCUT2D eigenvalue weighted by Gasteiger charge is -2.41. The van der Waals surface area contributed by atoms with Gasteiger partial charge in [-0.3, -0.25) is 14.5 Å². The molecule has 5 heteroatoms. The first-order valence-corrected chi connectivity index (χ1v) is 9.35. The van der Waals surface area contributed by atoms with Crippen molar-refractivity contribution >= 4 is 17.6 Å². The Labute approximate surface area is 169 Å². The Morgan fingerprint density at radius 1 is 0.862 bits per heavy atom. The maximum absolute atomic E-state index is 13.6. The Balaban J connectivity index is 1.95. The zero-order valence-electron chi connectivity index (χ0n) is 16.2. The minimum atomic E-state index is -0.640. The standard InChI is InChI=1S/C24H21NO4/c1-28-18-14-12-17(13-15-18)25-22(16-8-4-3-5-9-16)21(24(27)29-2)19-10-6-7-11-20(19)23(25)26/h3-15,21-22H,1-2H3/t21-,22-/m0/s1. The van der Waals surface area contributed by atoms with Crippen molar-refractivity contribution < 1.29 is 19.1 Å². The van der Waals surface area contributed by atoms with Gasteiger partial charge in [0.25, 0.3) is 5.91 Å². The van der Waals surface area contributed by atoms with Crippen LogP contribution in [0.4, 0.5) is 5.69 Å². The van der Waals surface area contributed by atoms with Crippen molar-refractivity contribution in [3.05, 3.63) is 95.6 Å². The third kappa shape index (κ3) is 3.25. The molecule has 0 bridgehead atoms. The van der Waals surface area contributed by atoms with Gasteiger partial charge in [-0.2, -0.15) is 0 Å². The van der Waals surface area contributed by atoms with E-state index in [2.05, 4.69) is 0 Å². The maximum Gasteiger partial charge on any atom is 0.315 e. The van der Waals surface area contributed by atoms with Crippen LogP contribution in [0, 0.1) is 0 Å². The van der Waals surface area contributed by atoms with Crippen LogP contribution in [0.15, 0.2) is 78.9 Å².